The molecule has 0 bridgehead atoms. The molecule has 8 heteroatoms. The number of hydrogen-bond acceptors (Lipinski definition) is 4. The van der Waals surface area contributed by atoms with Crippen LogP contribution in [0.2, 0.25) is 0 Å². The SMILES string of the molecule is C=C/C(=N\C(=NC)Nc1ccc(OC)cc1)c1ccc(C(=O)NCc2ccccc2F)s1. The highest BCUT2D eigenvalue weighted by Gasteiger charge is 2.13. The van der Waals surface area contributed by atoms with E-state index in [1.807, 2.05) is 24.3 Å². The Morgan fingerprint density at radius 1 is 1.12 bits per heavy atom. The zero-order valence-electron chi connectivity index (χ0n) is 17.8. The second kappa shape index (κ2) is 11.0. The van der Waals surface area contributed by atoms with E-state index < -0.39 is 0 Å². The largest absolute Gasteiger partial charge is 0.497 e. The minimum absolute atomic E-state index is 0.111. The first-order valence-electron chi connectivity index (χ1n) is 9.75. The van der Waals surface area contributed by atoms with Gasteiger partial charge >= 0.3 is 0 Å². The summed E-state index contributed by atoms with van der Waals surface area (Å²) >= 11 is 1.27. The normalized spacial score (nSPS) is 11.7. The van der Waals surface area contributed by atoms with Crippen LogP contribution in [0.5, 0.6) is 5.75 Å². The first-order chi connectivity index (χ1) is 15.5. The molecule has 32 heavy (non-hydrogen) atoms. The lowest BCUT2D eigenvalue weighted by Crippen LogP contribution is -2.22. The Hall–Kier alpha value is -3.78. The number of nitrogens with zero attached hydrogens (tertiary/aromatic N) is 2. The van der Waals surface area contributed by atoms with E-state index in [0.717, 1.165) is 16.3 Å². The van der Waals surface area contributed by atoms with E-state index in [1.165, 1.54) is 17.4 Å². The van der Waals surface area contributed by atoms with Crippen molar-refractivity contribution in [2.75, 3.05) is 19.5 Å². The van der Waals surface area contributed by atoms with Crippen molar-refractivity contribution < 1.29 is 13.9 Å². The number of carbonyl (C=O) groups is 1. The maximum Gasteiger partial charge on any atom is 0.261 e. The molecule has 1 amide bonds. The van der Waals surface area contributed by atoms with Gasteiger partial charge < -0.3 is 15.4 Å². The number of hydrogen-bond donors (Lipinski definition) is 2. The van der Waals surface area contributed by atoms with Crippen molar-refractivity contribution in [2.45, 2.75) is 6.54 Å². The Bertz CT molecular complexity index is 1150. The van der Waals surface area contributed by atoms with Gasteiger partial charge in [0, 0.05) is 24.8 Å². The number of anilines is 1. The van der Waals surface area contributed by atoms with Crippen LogP contribution in [0.3, 0.4) is 0 Å². The van der Waals surface area contributed by atoms with Gasteiger partial charge in [-0.15, -0.1) is 11.3 Å². The molecule has 2 N–H and O–H groups in total. The van der Waals surface area contributed by atoms with Crippen LogP contribution in [-0.4, -0.2) is 31.7 Å². The van der Waals surface area contributed by atoms with Gasteiger partial charge in [-0.3, -0.25) is 9.79 Å². The lowest BCUT2D eigenvalue weighted by Gasteiger charge is -2.07. The third-order valence-corrected chi connectivity index (χ3v) is 5.56. The minimum atomic E-state index is -0.350. The number of carbonyl (C=O) groups excluding carboxylic acids is 1. The standard InChI is InChI=1S/C24H23FN4O2S/c1-4-20(29-24(26-2)28-17-9-11-18(31-3)12-10-17)21-13-14-22(32-21)23(30)27-15-16-7-5-6-8-19(16)25/h4-14H,1,15H2,2-3H3,(H,26,28)(H,27,30)/b29-20+. The van der Waals surface area contributed by atoms with Crippen molar-refractivity contribution in [1.82, 2.24) is 5.32 Å². The summed E-state index contributed by atoms with van der Waals surface area (Å²) in [5.41, 5.74) is 1.81. The molecule has 0 saturated carbocycles. The molecule has 164 valence electrons. The fourth-order valence-corrected chi connectivity index (χ4v) is 3.66. The Morgan fingerprint density at radius 3 is 2.50 bits per heavy atom. The minimum Gasteiger partial charge on any atom is -0.497 e. The Kier molecular flexibility index (Phi) is 7.88. The van der Waals surface area contributed by atoms with Gasteiger partial charge in [0.25, 0.3) is 5.91 Å². The predicted octanol–water partition coefficient (Wildman–Crippen LogP) is 4.90. The van der Waals surface area contributed by atoms with E-state index in [1.54, 1.807) is 50.6 Å². The second-order valence-corrected chi connectivity index (χ2v) is 7.62. The number of nitrogens with one attached hydrogen (secondary N) is 2. The number of allylic oxidation sites excluding steroid dienone is 1. The van der Waals surface area contributed by atoms with Crippen LogP contribution in [0, 0.1) is 5.82 Å². The van der Waals surface area contributed by atoms with Crippen molar-refractivity contribution in [3.63, 3.8) is 0 Å². The summed E-state index contributed by atoms with van der Waals surface area (Å²) < 4.78 is 18.9. The number of amides is 1. The van der Waals surface area contributed by atoms with Gasteiger partial charge in [0.1, 0.15) is 11.6 Å². The summed E-state index contributed by atoms with van der Waals surface area (Å²) in [6, 6.07) is 17.2. The van der Waals surface area contributed by atoms with Crippen LogP contribution in [0.15, 0.2) is 83.3 Å². The predicted molar refractivity (Wildman–Crippen MR) is 129 cm³/mol. The molecule has 1 heterocycles. The molecule has 0 radical (unpaired) electrons. The quantitative estimate of drug-likeness (QED) is 0.397. The molecular weight excluding hydrogens is 427 g/mol. The number of rotatable bonds is 7. The smallest absolute Gasteiger partial charge is 0.261 e. The number of aliphatic imine (C=N–C) groups is 2. The van der Waals surface area contributed by atoms with Crippen molar-refractivity contribution in [2.24, 2.45) is 9.98 Å². The number of guanidine groups is 1. The maximum absolute atomic E-state index is 13.7. The Labute approximate surface area is 190 Å². The third-order valence-electron chi connectivity index (χ3n) is 4.46. The summed E-state index contributed by atoms with van der Waals surface area (Å²) in [5, 5.41) is 5.88. The number of thiophene rings is 1. The van der Waals surface area contributed by atoms with Crippen LogP contribution >= 0.6 is 11.3 Å². The molecule has 0 fully saturated rings. The summed E-state index contributed by atoms with van der Waals surface area (Å²) in [4.78, 5) is 22.5. The van der Waals surface area contributed by atoms with Crippen molar-refractivity contribution >= 4 is 34.6 Å². The maximum atomic E-state index is 13.7. The molecule has 3 rings (SSSR count). The van der Waals surface area contributed by atoms with E-state index in [9.17, 15) is 9.18 Å². The highest BCUT2D eigenvalue weighted by Crippen LogP contribution is 2.19. The molecule has 1 aromatic heterocycles. The van der Waals surface area contributed by atoms with Crippen molar-refractivity contribution in [3.8, 4) is 5.75 Å². The molecule has 0 saturated heterocycles. The molecule has 0 unspecified atom stereocenters. The average molecular weight is 451 g/mol. The summed E-state index contributed by atoms with van der Waals surface area (Å²) in [6.45, 7) is 3.94. The Morgan fingerprint density at radius 2 is 1.84 bits per heavy atom. The second-order valence-electron chi connectivity index (χ2n) is 6.54. The number of ether oxygens (including phenoxy) is 1. The van der Waals surface area contributed by atoms with Gasteiger partial charge in [0.15, 0.2) is 0 Å². The van der Waals surface area contributed by atoms with E-state index in [0.29, 0.717) is 22.1 Å². The molecule has 2 aromatic carbocycles. The molecule has 0 aliphatic heterocycles. The van der Waals surface area contributed by atoms with Gasteiger partial charge in [-0.1, -0.05) is 24.8 Å². The molecule has 0 spiro atoms. The van der Waals surface area contributed by atoms with Gasteiger partial charge in [0.2, 0.25) is 5.96 Å². The van der Waals surface area contributed by atoms with E-state index >= 15 is 0 Å². The van der Waals surface area contributed by atoms with E-state index in [4.69, 9.17) is 4.74 Å². The van der Waals surface area contributed by atoms with Crippen LogP contribution < -0.4 is 15.4 Å². The molecular formula is C24H23FN4O2S. The lowest BCUT2D eigenvalue weighted by molar-refractivity contribution is 0.0954. The molecule has 0 aliphatic carbocycles. The van der Waals surface area contributed by atoms with E-state index in [2.05, 4.69) is 27.2 Å². The summed E-state index contributed by atoms with van der Waals surface area (Å²) in [5.74, 6) is 0.509. The number of methoxy groups -OCH3 is 1. The fourth-order valence-electron chi connectivity index (χ4n) is 2.75. The Balaban J connectivity index is 1.70. The summed E-state index contributed by atoms with van der Waals surface area (Å²) in [6.07, 6.45) is 1.60. The zero-order valence-corrected chi connectivity index (χ0v) is 18.6. The zero-order chi connectivity index (χ0) is 22.9. The first kappa shape index (κ1) is 22.9. The first-order valence-corrected chi connectivity index (χ1v) is 10.6. The fraction of sp³-hybridized carbons (Fsp3) is 0.125. The van der Waals surface area contributed by atoms with Gasteiger partial charge in [-0.05, 0) is 48.5 Å². The number of benzene rings is 2. The van der Waals surface area contributed by atoms with Crippen molar-refractivity contribution in [3.05, 3.63) is 94.5 Å². The monoisotopic (exact) mass is 450 g/mol. The summed E-state index contributed by atoms with van der Waals surface area (Å²) in [7, 11) is 3.24. The van der Waals surface area contributed by atoms with Gasteiger partial charge in [-0.2, -0.15) is 0 Å². The van der Waals surface area contributed by atoms with Crippen LogP contribution in [-0.2, 0) is 6.54 Å². The van der Waals surface area contributed by atoms with Crippen LogP contribution in [0.4, 0.5) is 10.1 Å². The molecule has 0 aliphatic rings. The highest BCUT2D eigenvalue weighted by atomic mass is 32.1. The van der Waals surface area contributed by atoms with E-state index in [-0.39, 0.29) is 18.3 Å². The van der Waals surface area contributed by atoms with Gasteiger partial charge in [0.05, 0.1) is 22.6 Å². The van der Waals surface area contributed by atoms with Crippen LogP contribution in [0.25, 0.3) is 0 Å². The molecule has 3 aromatic rings. The molecule has 6 nitrogen and oxygen atoms in total. The topological polar surface area (TPSA) is 75.1 Å². The van der Waals surface area contributed by atoms with Gasteiger partial charge in [-0.25, -0.2) is 9.38 Å². The number of halogens is 1. The third kappa shape index (κ3) is 5.89. The van der Waals surface area contributed by atoms with Crippen LogP contribution in [0.1, 0.15) is 20.1 Å². The highest BCUT2D eigenvalue weighted by molar-refractivity contribution is 7.16. The lowest BCUT2D eigenvalue weighted by atomic mass is 10.2. The van der Waals surface area contributed by atoms with Crippen molar-refractivity contribution in [1.29, 1.82) is 0 Å². The average Bonchev–Trinajstić information content (AvgIpc) is 3.31. The molecule has 0 atom stereocenters.